The third-order valence-corrected chi connectivity index (χ3v) is 5.58. The number of carbonyl (C=O) groups is 1. The van der Waals surface area contributed by atoms with Crippen LogP contribution in [0.3, 0.4) is 0 Å². The van der Waals surface area contributed by atoms with Gasteiger partial charge in [0.2, 0.25) is 0 Å². The van der Waals surface area contributed by atoms with E-state index in [4.69, 9.17) is 4.98 Å². The van der Waals surface area contributed by atoms with Crippen LogP contribution in [0.25, 0.3) is 10.9 Å². The summed E-state index contributed by atoms with van der Waals surface area (Å²) in [6.45, 7) is 4.88. The Morgan fingerprint density at radius 3 is 2.75 bits per heavy atom. The van der Waals surface area contributed by atoms with Crippen molar-refractivity contribution in [2.45, 2.75) is 26.2 Å². The van der Waals surface area contributed by atoms with Gasteiger partial charge in [0.15, 0.2) is 0 Å². The quantitative estimate of drug-likeness (QED) is 0.742. The average Bonchev–Trinajstić information content (AvgIpc) is 3.18. The van der Waals surface area contributed by atoms with Crippen LogP contribution in [-0.2, 0) is 13.5 Å². The van der Waals surface area contributed by atoms with E-state index in [1.165, 1.54) is 11.1 Å². The SMILES string of the molecule is CCc1cc(N2CCC(CNC(=O)c3cnn(C)c3)CC2)c2ccccc2n1. The molecule has 0 saturated carbocycles. The normalized spacial score (nSPS) is 15.1. The molecule has 28 heavy (non-hydrogen) atoms. The highest BCUT2D eigenvalue weighted by atomic mass is 16.1. The fraction of sp³-hybridized carbons (Fsp3) is 0.409. The number of pyridine rings is 1. The summed E-state index contributed by atoms with van der Waals surface area (Å²) in [7, 11) is 1.82. The van der Waals surface area contributed by atoms with Crippen molar-refractivity contribution >= 4 is 22.5 Å². The van der Waals surface area contributed by atoms with E-state index in [0.29, 0.717) is 11.5 Å². The summed E-state index contributed by atoms with van der Waals surface area (Å²) in [5, 5.41) is 8.35. The Kier molecular flexibility index (Phi) is 5.28. The minimum absolute atomic E-state index is 0.0387. The molecule has 1 fully saturated rings. The van der Waals surface area contributed by atoms with Crippen LogP contribution in [-0.4, -0.2) is 40.3 Å². The van der Waals surface area contributed by atoms with Gasteiger partial charge in [0.05, 0.1) is 17.3 Å². The van der Waals surface area contributed by atoms with E-state index in [1.54, 1.807) is 17.1 Å². The van der Waals surface area contributed by atoms with Gasteiger partial charge in [-0.25, -0.2) is 0 Å². The first kappa shape index (κ1) is 18.5. The van der Waals surface area contributed by atoms with Crippen LogP contribution in [0, 0.1) is 5.92 Å². The van der Waals surface area contributed by atoms with E-state index in [0.717, 1.165) is 50.1 Å². The fourth-order valence-electron chi connectivity index (χ4n) is 3.91. The zero-order valence-corrected chi connectivity index (χ0v) is 16.6. The number of aryl methyl sites for hydroxylation is 2. The number of nitrogens with zero attached hydrogens (tertiary/aromatic N) is 4. The van der Waals surface area contributed by atoms with Crippen molar-refractivity contribution in [3.63, 3.8) is 0 Å². The van der Waals surface area contributed by atoms with E-state index < -0.39 is 0 Å². The third-order valence-electron chi connectivity index (χ3n) is 5.58. The summed E-state index contributed by atoms with van der Waals surface area (Å²) < 4.78 is 1.65. The van der Waals surface area contributed by atoms with Gasteiger partial charge < -0.3 is 10.2 Å². The van der Waals surface area contributed by atoms with E-state index in [-0.39, 0.29) is 5.91 Å². The van der Waals surface area contributed by atoms with Crippen LogP contribution in [0.4, 0.5) is 5.69 Å². The molecule has 0 radical (unpaired) electrons. The first-order chi connectivity index (χ1) is 13.6. The number of benzene rings is 1. The predicted octanol–water partition coefficient (Wildman–Crippen LogP) is 3.18. The van der Waals surface area contributed by atoms with Crippen molar-refractivity contribution in [3.8, 4) is 0 Å². The van der Waals surface area contributed by atoms with Gasteiger partial charge in [-0.3, -0.25) is 14.5 Å². The van der Waals surface area contributed by atoms with E-state index >= 15 is 0 Å². The number of carbonyl (C=O) groups excluding carboxylic acids is 1. The van der Waals surface area contributed by atoms with Crippen molar-refractivity contribution in [1.29, 1.82) is 0 Å². The number of aromatic nitrogens is 3. The molecule has 1 amide bonds. The van der Waals surface area contributed by atoms with Gasteiger partial charge in [-0.2, -0.15) is 5.10 Å². The standard InChI is InChI=1S/C22H27N5O/c1-3-18-12-21(19-6-4-5-7-20(19)25-18)27-10-8-16(9-11-27)13-23-22(28)17-14-24-26(2)15-17/h4-7,12,14-16H,3,8-11,13H2,1-2H3,(H,23,28). The highest BCUT2D eigenvalue weighted by molar-refractivity contribution is 5.93. The number of nitrogens with one attached hydrogen (secondary N) is 1. The molecule has 146 valence electrons. The van der Waals surface area contributed by atoms with Crippen molar-refractivity contribution in [1.82, 2.24) is 20.1 Å². The van der Waals surface area contributed by atoms with Gasteiger partial charge in [-0.05, 0) is 37.3 Å². The molecular weight excluding hydrogens is 350 g/mol. The van der Waals surface area contributed by atoms with Crippen molar-refractivity contribution in [2.75, 3.05) is 24.5 Å². The molecule has 3 heterocycles. The number of rotatable bonds is 5. The van der Waals surface area contributed by atoms with Crippen LogP contribution in [0.15, 0.2) is 42.7 Å². The van der Waals surface area contributed by atoms with Crippen LogP contribution >= 0.6 is 0 Å². The molecule has 0 bridgehead atoms. The number of piperidine rings is 1. The van der Waals surface area contributed by atoms with E-state index in [2.05, 4.69) is 52.6 Å². The zero-order chi connectivity index (χ0) is 19.5. The Morgan fingerprint density at radius 2 is 2.04 bits per heavy atom. The largest absolute Gasteiger partial charge is 0.371 e. The molecule has 0 atom stereocenters. The molecule has 6 heteroatoms. The third kappa shape index (κ3) is 3.86. The molecule has 1 aromatic carbocycles. The summed E-state index contributed by atoms with van der Waals surface area (Å²) in [6, 6.07) is 10.6. The van der Waals surface area contributed by atoms with Crippen LogP contribution in [0.1, 0.15) is 35.8 Å². The average molecular weight is 377 g/mol. The van der Waals surface area contributed by atoms with Crippen LogP contribution in [0.2, 0.25) is 0 Å². The van der Waals surface area contributed by atoms with Gasteiger partial charge in [0, 0.05) is 49.6 Å². The molecule has 1 aliphatic heterocycles. The number of anilines is 1. The first-order valence-electron chi connectivity index (χ1n) is 10.0. The molecule has 1 N–H and O–H groups in total. The van der Waals surface area contributed by atoms with Gasteiger partial charge in [0.25, 0.3) is 5.91 Å². The van der Waals surface area contributed by atoms with E-state index in [1.807, 2.05) is 7.05 Å². The molecular formula is C22H27N5O. The summed E-state index contributed by atoms with van der Waals surface area (Å²) in [4.78, 5) is 19.5. The highest BCUT2D eigenvalue weighted by Crippen LogP contribution is 2.30. The minimum Gasteiger partial charge on any atom is -0.371 e. The lowest BCUT2D eigenvalue weighted by Gasteiger charge is -2.34. The summed E-state index contributed by atoms with van der Waals surface area (Å²) in [5.74, 6) is 0.471. The number of fused-ring (bicyclic) bond motifs is 1. The maximum atomic E-state index is 12.2. The molecule has 2 aromatic heterocycles. The summed E-state index contributed by atoms with van der Waals surface area (Å²) in [5.41, 5.74) is 4.12. The second kappa shape index (κ2) is 8.00. The molecule has 4 rings (SSSR count). The maximum absolute atomic E-state index is 12.2. The zero-order valence-electron chi connectivity index (χ0n) is 16.6. The smallest absolute Gasteiger partial charge is 0.254 e. The predicted molar refractivity (Wildman–Crippen MR) is 112 cm³/mol. The number of para-hydroxylation sites is 1. The number of hydrogen-bond acceptors (Lipinski definition) is 4. The van der Waals surface area contributed by atoms with Gasteiger partial charge in [0.1, 0.15) is 0 Å². The van der Waals surface area contributed by atoms with Gasteiger partial charge >= 0.3 is 0 Å². The maximum Gasteiger partial charge on any atom is 0.254 e. The molecule has 1 saturated heterocycles. The molecule has 0 spiro atoms. The molecule has 0 unspecified atom stereocenters. The summed E-state index contributed by atoms with van der Waals surface area (Å²) >= 11 is 0. The molecule has 6 nitrogen and oxygen atoms in total. The molecule has 1 aliphatic rings. The lowest BCUT2D eigenvalue weighted by molar-refractivity contribution is 0.0945. The lowest BCUT2D eigenvalue weighted by Crippen LogP contribution is -2.38. The van der Waals surface area contributed by atoms with E-state index in [9.17, 15) is 4.79 Å². The second-order valence-electron chi connectivity index (χ2n) is 7.55. The number of amides is 1. The molecule has 0 aliphatic carbocycles. The first-order valence-corrected chi connectivity index (χ1v) is 10.0. The minimum atomic E-state index is -0.0387. The van der Waals surface area contributed by atoms with Gasteiger partial charge in [-0.15, -0.1) is 0 Å². The Labute approximate surface area is 165 Å². The monoisotopic (exact) mass is 377 g/mol. The molecule has 3 aromatic rings. The van der Waals surface area contributed by atoms with Crippen LogP contribution < -0.4 is 10.2 Å². The second-order valence-corrected chi connectivity index (χ2v) is 7.55. The van der Waals surface area contributed by atoms with Crippen molar-refractivity contribution in [3.05, 3.63) is 54.0 Å². The topological polar surface area (TPSA) is 63.1 Å². The lowest BCUT2D eigenvalue weighted by atomic mass is 9.95. The Balaban J connectivity index is 1.39. The summed E-state index contributed by atoms with van der Waals surface area (Å²) in [6.07, 6.45) is 6.45. The Morgan fingerprint density at radius 1 is 1.25 bits per heavy atom. The highest BCUT2D eigenvalue weighted by Gasteiger charge is 2.22. The Hall–Kier alpha value is -2.89. The van der Waals surface area contributed by atoms with Gasteiger partial charge in [-0.1, -0.05) is 25.1 Å². The fourth-order valence-corrected chi connectivity index (χ4v) is 3.91. The Bertz CT molecular complexity index is 972. The van der Waals surface area contributed by atoms with Crippen molar-refractivity contribution in [2.24, 2.45) is 13.0 Å². The van der Waals surface area contributed by atoms with Crippen LogP contribution in [0.5, 0.6) is 0 Å². The number of hydrogen-bond donors (Lipinski definition) is 1. The van der Waals surface area contributed by atoms with Crippen molar-refractivity contribution < 1.29 is 4.79 Å².